The van der Waals surface area contributed by atoms with Crippen LogP contribution in [0, 0.1) is 5.92 Å². The van der Waals surface area contributed by atoms with Gasteiger partial charge in [-0.2, -0.15) is 0 Å². The molecular formula is C23H19NO7. The molecule has 3 N–H and O–H groups in total. The standard InChI is InChI=1S/C23H19NO7/c1-11(25)17-14(27)9-16-23(2,21(17)29)19-15(28)8-13(26)18(20(19)31-16)22(30)24-10-12-6-4-3-5-7-12/h3-9,17,26,28H,10H2,1-2H3,(H,24,30)/t17?,23-/m1/s1. The van der Waals surface area contributed by atoms with Crippen LogP contribution < -0.4 is 10.1 Å². The zero-order valence-electron chi connectivity index (χ0n) is 16.8. The van der Waals surface area contributed by atoms with Crippen molar-refractivity contribution in [3.8, 4) is 17.2 Å². The molecule has 158 valence electrons. The predicted octanol–water partition coefficient (Wildman–Crippen LogP) is 1.92. The zero-order valence-corrected chi connectivity index (χ0v) is 16.8. The molecule has 2 aliphatic rings. The third-order valence-electron chi connectivity index (χ3n) is 5.69. The molecule has 31 heavy (non-hydrogen) atoms. The number of carbonyl (C=O) groups excluding carboxylic acids is 4. The van der Waals surface area contributed by atoms with Gasteiger partial charge in [-0.25, -0.2) is 0 Å². The zero-order chi connectivity index (χ0) is 22.5. The van der Waals surface area contributed by atoms with Crippen LogP contribution >= 0.6 is 0 Å². The number of nitrogens with one attached hydrogen (secondary N) is 1. The van der Waals surface area contributed by atoms with Gasteiger partial charge < -0.3 is 20.3 Å². The van der Waals surface area contributed by atoms with Crippen LogP contribution in [-0.4, -0.2) is 33.5 Å². The van der Waals surface area contributed by atoms with Crippen LogP contribution in [0.3, 0.4) is 0 Å². The van der Waals surface area contributed by atoms with Crippen molar-refractivity contribution < 1.29 is 34.1 Å². The molecule has 0 saturated carbocycles. The van der Waals surface area contributed by atoms with Gasteiger partial charge in [0.2, 0.25) is 0 Å². The minimum absolute atomic E-state index is 0.0647. The third-order valence-corrected chi connectivity index (χ3v) is 5.69. The van der Waals surface area contributed by atoms with Crippen molar-refractivity contribution in [1.82, 2.24) is 5.32 Å². The average molecular weight is 421 g/mol. The lowest BCUT2D eigenvalue weighted by Gasteiger charge is -2.30. The molecule has 1 aliphatic heterocycles. The number of Topliss-reactive ketones (excluding diaryl/α,β-unsaturated/α-hetero) is 2. The van der Waals surface area contributed by atoms with E-state index in [0.29, 0.717) is 0 Å². The minimum Gasteiger partial charge on any atom is -0.507 e. The number of benzene rings is 2. The number of aromatic hydroxyl groups is 2. The van der Waals surface area contributed by atoms with E-state index in [1.165, 1.54) is 6.92 Å². The molecule has 4 rings (SSSR count). The van der Waals surface area contributed by atoms with E-state index < -0.39 is 46.1 Å². The molecule has 2 aromatic rings. The van der Waals surface area contributed by atoms with Crippen molar-refractivity contribution in [2.24, 2.45) is 5.92 Å². The van der Waals surface area contributed by atoms with E-state index >= 15 is 0 Å². The van der Waals surface area contributed by atoms with Crippen LogP contribution in [-0.2, 0) is 26.3 Å². The first kappa shape index (κ1) is 20.3. The number of phenolic OH excluding ortho intramolecular Hbond substituents is 2. The fourth-order valence-corrected chi connectivity index (χ4v) is 4.07. The summed E-state index contributed by atoms with van der Waals surface area (Å²) in [6.07, 6.45) is 1.04. The van der Waals surface area contributed by atoms with Gasteiger partial charge in [0.15, 0.2) is 17.3 Å². The summed E-state index contributed by atoms with van der Waals surface area (Å²) in [5.74, 6) is -5.67. The largest absolute Gasteiger partial charge is 0.507 e. The maximum atomic E-state index is 13.1. The van der Waals surface area contributed by atoms with E-state index in [9.17, 15) is 29.4 Å². The van der Waals surface area contributed by atoms with Crippen LogP contribution in [0.25, 0.3) is 0 Å². The topological polar surface area (TPSA) is 130 Å². The molecular weight excluding hydrogens is 402 g/mol. The Morgan fingerprint density at radius 1 is 1.13 bits per heavy atom. The van der Waals surface area contributed by atoms with E-state index in [1.54, 1.807) is 0 Å². The Balaban J connectivity index is 1.79. The van der Waals surface area contributed by atoms with E-state index in [0.717, 1.165) is 24.6 Å². The molecule has 0 radical (unpaired) electrons. The van der Waals surface area contributed by atoms with Crippen LogP contribution in [0.2, 0.25) is 0 Å². The number of ether oxygens (including phenoxy) is 1. The second kappa shape index (κ2) is 7.09. The molecule has 0 aromatic heterocycles. The van der Waals surface area contributed by atoms with E-state index in [4.69, 9.17) is 4.74 Å². The van der Waals surface area contributed by atoms with Crippen LogP contribution in [0.5, 0.6) is 17.2 Å². The Kier molecular flexibility index (Phi) is 4.65. The number of fused-ring (bicyclic) bond motifs is 3. The summed E-state index contributed by atoms with van der Waals surface area (Å²) in [6.45, 7) is 2.72. The summed E-state index contributed by atoms with van der Waals surface area (Å²) in [4.78, 5) is 50.3. The molecule has 1 heterocycles. The Labute approximate surface area is 177 Å². The molecule has 0 fully saturated rings. The van der Waals surface area contributed by atoms with Gasteiger partial charge in [0.25, 0.3) is 5.91 Å². The first-order chi connectivity index (χ1) is 14.7. The van der Waals surface area contributed by atoms with Gasteiger partial charge in [-0.05, 0) is 19.4 Å². The molecule has 1 aliphatic carbocycles. The normalized spacial score (nSPS) is 21.6. The van der Waals surface area contributed by atoms with E-state index in [-0.39, 0.29) is 29.2 Å². The van der Waals surface area contributed by atoms with Crippen LogP contribution in [0.1, 0.15) is 35.3 Å². The Bertz CT molecular complexity index is 1180. The van der Waals surface area contributed by atoms with Gasteiger partial charge in [0.1, 0.15) is 39.9 Å². The molecule has 2 aromatic carbocycles. The fourth-order valence-electron chi connectivity index (χ4n) is 4.07. The predicted molar refractivity (Wildman–Crippen MR) is 108 cm³/mol. The van der Waals surface area contributed by atoms with Gasteiger partial charge in [-0.15, -0.1) is 0 Å². The Morgan fingerprint density at radius 3 is 2.45 bits per heavy atom. The van der Waals surface area contributed by atoms with Crippen molar-refractivity contribution in [3.63, 3.8) is 0 Å². The number of ketones is 3. The van der Waals surface area contributed by atoms with Crippen molar-refractivity contribution in [1.29, 1.82) is 0 Å². The molecule has 1 unspecified atom stereocenters. The molecule has 1 amide bonds. The van der Waals surface area contributed by atoms with E-state index in [1.807, 2.05) is 30.3 Å². The monoisotopic (exact) mass is 421 g/mol. The molecule has 8 nitrogen and oxygen atoms in total. The lowest BCUT2D eigenvalue weighted by atomic mass is 9.67. The number of hydrogen-bond acceptors (Lipinski definition) is 7. The molecule has 2 atom stereocenters. The van der Waals surface area contributed by atoms with Gasteiger partial charge in [0.05, 0.1) is 5.56 Å². The SMILES string of the molecule is CC(=O)C1C(=O)C=C2Oc3c(C(=O)NCc4ccccc4)c(O)cc(O)c3[C@]2(C)C1=O. The van der Waals surface area contributed by atoms with Gasteiger partial charge in [-0.1, -0.05) is 30.3 Å². The van der Waals surface area contributed by atoms with Crippen LogP contribution in [0.4, 0.5) is 0 Å². The van der Waals surface area contributed by atoms with Crippen molar-refractivity contribution in [2.45, 2.75) is 25.8 Å². The molecule has 0 saturated heterocycles. The summed E-state index contributed by atoms with van der Waals surface area (Å²) in [5.41, 5.74) is -1.17. The Morgan fingerprint density at radius 2 is 1.81 bits per heavy atom. The molecule has 0 spiro atoms. The Hall–Kier alpha value is -3.94. The molecule has 0 bridgehead atoms. The molecule has 8 heteroatoms. The number of amides is 1. The maximum Gasteiger partial charge on any atom is 0.259 e. The first-order valence-electron chi connectivity index (χ1n) is 9.56. The van der Waals surface area contributed by atoms with E-state index in [2.05, 4.69) is 5.32 Å². The number of hydrogen-bond donors (Lipinski definition) is 3. The second-order valence-corrected chi connectivity index (χ2v) is 7.71. The summed E-state index contributed by atoms with van der Waals surface area (Å²) in [6, 6.07) is 10.0. The third kappa shape index (κ3) is 2.99. The van der Waals surface area contributed by atoms with Crippen molar-refractivity contribution in [2.75, 3.05) is 0 Å². The second-order valence-electron chi connectivity index (χ2n) is 7.71. The van der Waals surface area contributed by atoms with Gasteiger partial charge >= 0.3 is 0 Å². The highest BCUT2D eigenvalue weighted by Gasteiger charge is 2.58. The number of allylic oxidation sites excluding steroid dienone is 2. The summed E-state index contributed by atoms with van der Waals surface area (Å²) < 4.78 is 5.68. The smallest absolute Gasteiger partial charge is 0.259 e. The van der Waals surface area contributed by atoms with Gasteiger partial charge in [0, 0.05) is 18.7 Å². The van der Waals surface area contributed by atoms with Crippen LogP contribution in [0.15, 0.2) is 48.2 Å². The summed E-state index contributed by atoms with van der Waals surface area (Å²) >= 11 is 0. The number of carbonyl (C=O) groups is 4. The quantitative estimate of drug-likeness (QED) is 0.643. The van der Waals surface area contributed by atoms with Gasteiger partial charge in [-0.3, -0.25) is 19.2 Å². The number of phenols is 2. The summed E-state index contributed by atoms with van der Waals surface area (Å²) in [7, 11) is 0. The highest BCUT2D eigenvalue weighted by atomic mass is 16.5. The summed E-state index contributed by atoms with van der Waals surface area (Å²) in [5, 5.41) is 23.6. The average Bonchev–Trinajstić information content (AvgIpc) is 3.00. The lowest BCUT2D eigenvalue weighted by Crippen LogP contribution is -2.47. The highest BCUT2D eigenvalue weighted by molar-refractivity contribution is 6.27. The first-order valence-corrected chi connectivity index (χ1v) is 9.56. The lowest BCUT2D eigenvalue weighted by molar-refractivity contribution is -0.140. The maximum absolute atomic E-state index is 13.1. The highest BCUT2D eigenvalue weighted by Crippen LogP contribution is 2.56. The number of rotatable bonds is 4. The van der Waals surface area contributed by atoms with Crippen molar-refractivity contribution in [3.05, 3.63) is 64.9 Å². The minimum atomic E-state index is -1.65. The fraction of sp³-hybridized carbons (Fsp3) is 0.217. The van der Waals surface area contributed by atoms with Crippen molar-refractivity contribution >= 4 is 23.3 Å².